The van der Waals surface area contributed by atoms with Gasteiger partial charge in [0.05, 0.1) is 5.69 Å². The van der Waals surface area contributed by atoms with E-state index in [0.29, 0.717) is 6.04 Å². The highest BCUT2D eigenvalue weighted by atomic mass is 15.1. The Morgan fingerprint density at radius 1 is 1.25 bits per heavy atom. The SMILES string of the molecule is Cc1ncc(C(C)NC(C)Cc2cc(C)[nH]n2)c(C)n1. The molecule has 2 rings (SSSR count). The third-order valence-corrected chi connectivity index (χ3v) is 3.41. The molecule has 2 aromatic heterocycles. The normalized spacial score (nSPS) is 14.2. The minimum absolute atomic E-state index is 0.227. The van der Waals surface area contributed by atoms with Gasteiger partial charge in [-0.15, -0.1) is 0 Å². The third kappa shape index (κ3) is 3.63. The number of aromatic amines is 1. The summed E-state index contributed by atoms with van der Waals surface area (Å²) in [5.41, 5.74) is 4.38. The molecule has 2 N–H and O–H groups in total. The summed E-state index contributed by atoms with van der Waals surface area (Å²) in [6, 6.07) is 2.65. The van der Waals surface area contributed by atoms with E-state index in [2.05, 4.69) is 45.4 Å². The molecule has 0 radical (unpaired) electrons. The summed E-state index contributed by atoms with van der Waals surface area (Å²) in [5.74, 6) is 0.818. The first kappa shape index (κ1) is 14.7. The number of aromatic nitrogens is 4. The fourth-order valence-corrected chi connectivity index (χ4v) is 2.49. The molecule has 2 heterocycles. The van der Waals surface area contributed by atoms with E-state index in [9.17, 15) is 0 Å². The van der Waals surface area contributed by atoms with Crippen LogP contribution >= 0.6 is 0 Å². The summed E-state index contributed by atoms with van der Waals surface area (Å²) in [7, 11) is 0. The number of hydrogen-bond acceptors (Lipinski definition) is 4. The van der Waals surface area contributed by atoms with E-state index >= 15 is 0 Å². The number of rotatable bonds is 5. The highest BCUT2D eigenvalue weighted by Crippen LogP contribution is 2.16. The molecule has 5 heteroatoms. The zero-order chi connectivity index (χ0) is 14.7. The molecule has 2 unspecified atom stereocenters. The van der Waals surface area contributed by atoms with Crippen molar-refractivity contribution in [3.8, 4) is 0 Å². The van der Waals surface area contributed by atoms with Crippen molar-refractivity contribution < 1.29 is 0 Å². The van der Waals surface area contributed by atoms with Crippen LogP contribution in [0.2, 0.25) is 0 Å². The van der Waals surface area contributed by atoms with Gasteiger partial charge in [-0.3, -0.25) is 5.10 Å². The maximum Gasteiger partial charge on any atom is 0.125 e. The number of hydrogen-bond donors (Lipinski definition) is 2. The van der Waals surface area contributed by atoms with Crippen molar-refractivity contribution in [3.63, 3.8) is 0 Å². The van der Waals surface area contributed by atoms with Crippen LogP contribution in [0.1, 0.15) is 48.4 Å². The van der Waals surface area contributed by atoms with Gasteiger partial charge in [-0.05, 0) is 40.7 Å². The van der Waals surface area contributed by atoms with E-state index in [1.807, 2.05) is 27.0 Å². The second-order valence-corrected chi connectivity index (χ2v) is 5.49. The molecule has 0 bridgehead atoms. The first-order valence-electron chi connectivity index (χ1n) is 7.02. The highest BCUT2D eigenvalue weighted by molar-refractivity contribution is 5.20. The Labute approximate surface area is 120 Å². The van der Waals surface area contributed by atoms with Crippen LogP contribution in [0.3, 0.4) is 0 Å². The van der Waals surface area contributed by atoms with Gasteiger partial charge in [0.25, 0.3) is 0 Å². The molecular weight excluding hydrogens is 250 g/mol. The number of H-pyrrole nitrogens is 1. The van der Waals surface area contributed by atoms with E-state index < -0.39 is 0 Å². The Morgan fingerprint density at radius 2 is 2.00 bits per heavy atom. The molecule has 20 heavy (non-hydrogen) atoms. The second kappa shape index (κ2) is 6.13. The number of nitrogens with zero attached hydrogens (tertiary/aromatic N) is 3. The zero-order valence-corrected chi connectivity index (χ0v) is 12.9. The largest absolute Gasteiger partial charge is 0.307 e. The van der Waals surface area contributed by atoms with Crippen LogP contribution in [-0.2, 0) is 6.42 Å². The van der Waals surface area contributed by atoms with Gasteiger partial charge in [-0.2, -0.15) is 5.10 Å². The Bertz CT molecular complexity index is 575. The highest BCUT2D eigenvalue weighted by Gasteiger charge is 2.14. The number of aryl methyl sites for hydroxylation is 3. The van der Waals surface area contributed by atoms with Crippen LogP contribution in [0.5, 0.6) is 0 Å². The molecule has 0 saturated carbocycles. The standard InChI is InChI=1S/C15H23N5/c1-9(6-14-7-10(2)19-20-14)17-11(3)15-8-16-13(5)18-12(15)4/h7-9,11,17H,6H2,1-5H3,(H,19,20). The lowest BCUT2D eigenvalue weighted by molar-refractivity contribution is 0.470. The Balaban J connectivity index is 1.98. The minimum Gasteiger partial charge on any atom is -0.307 e. The van der Waals surface area contributed by atoms with Crippen LogP contribution in [-0.4, -0.2) is 26.2 Å². The molecule has 2 aromatic rings. The third-order valence-electron chi connectivity index (χ3n) is 3.41. The molecule has 2 atom stereocenters. The summed E-state index contributed by atoms with van der Waals surface area (Å²) in [6.07, 6.45) is 2.82. The predicted octanol–water partition coefficient (Wildman–Crippen LogP) is 2.41. The van der Waals surface area contributed by atoms with Crippen molar-refractivity contribution in [2.45, 2.75) is 53.1 Å². The monoisotopic (exact) mass is 273 g/mol. The molecule has 0 amide bonds. The molecular formula is C15H23N5. The van der Waals surface area contributed by atoms with Gasteiger partial charge in [0.2, 0.25) is 0 Å². The van der Waals surface area contributed by atoms with Crippen molar-refractivity contribution in [3.05, 3.63) is 40.7 Å². The van der Waals surface area contributed by atoms with Crippen molar-refractivity contribution >= 4 is 0 Å². The van der Waals surface area contributed by atoms with E-state index in [-0.39, 0.29) is 6.04 Å². The smallest absolute Gasteiger partial charge is 0.125 e. The molecule has 0 aliphatic rings. The summed E-state index contributed by atoms with van der Waals surface area (Å²) in [6.45, 7) is 10.3. The summed E-state index contributed by atoms with van der Waals surface area (Å²) < 4.78 is 0. The predicted molar refractivity (Wildman–Crippen MR) is 79.5 cm³/mol. The second-order valence-electron chi connectivity index (χ2n) is 5.49. The molecule has 0 saturated heterocycles. The van der Waals surface area contributed by atoms with Crippen molar-refractivity contribution in [1.29, 1.82) is 0 Å². The lowest BCUT2D eigenvalue weighted by atomic mass is 10.1. The van der Waals surface area contributed by atoms with E-state index in [1.165, 1.54) is 0 Å². The zero-order valence-electron chi connectivity index (χ0n) is 12.9. The Kier molecular flexibility index (Phi) is 4.49. The van der Waals surface area contributed by atoms with Crippen LogP contribution in [0.25, 0.3) is 0 Å². The first-order chi connectivity index (χ1) is 9.45. The maximum absolute atomic E-state index is 4.42. The lowest BCUT2D eigenvalue weighted by Gasteiger charge is -2.20. The van der Waals surface area contributed by atoms with E-state index in [1.54, 1.807) is 0 Å². The average molecular weight is 273 g/mol. The molecule has 0 aromatic carbocycles. The fourth-order valence-electron chi connectivity index (χ4n) is 2.49. The van der Waals surface area contributed by atoms with Crippen molar-refractivity contribution in [2.24, 2.45) is 0 Å². The van der Waals surface area contributed by atoms with Crippen LogP contribution < -0.4 is 5.32 Å². The van der Waals surface area contributed by atoms with Crippen LogP contribution in [0.15, 0.2) is 12.3 Å². The van der Waals surface area contributed by atoms with E-state index in [4.69, 9.17) is 0 Å². The van der Waals surface area contributed by atoms with Gasteiger partial charge in [-0.25, -0.2) is 9.97 Å². The molecule has 0 spiro atoms. The van der Waals surface area contributed by atoms with Gasteiger partial charge in [0, 0.05) is 41.7 Å². The summed E-state index contributed by atoms with van der Waals surface area (Å²) in [5, 5.41) is 10.8. The molecule has 108 valence electrons. The number of nitrogens with one attached hydrogen (secondary N) is 2. The quantitative estimate of drug-likeness (QED) is 0.878. The van der Waals surface area contributed by atoms with Gasteiger partial charge < -0.3 is 5.32 Å². The first-order valence-corrected chi connectivity index (χ1v) is 7.02. The topological polar surface area (TPSA) is 66.5 Å². The maximum atomic E-state index is 4.42. The van der Waals surface area contributed by atoms with Crippen molar-refractivity contribution in [1.82, 2.24) is 25.5 Å². The average Bonchev–Trinajstić information content (AvgIpc) is 2.74. The van der Waals surface area contributed by atoms with E-state index in [0.717, 1.165) is 34.9 Å². The summed E-state index contributed by atoms with van der Waals surface area (Å²) in [4.78, 5) is 8.71. The molecule has 5 nitrogen and oxygen atoms in total. The van der Waals surface area contributed by atoms with Crippen LogP contribution in [0, 0.1) is 20.8 Å². The summed E-state index contributed by atoms with van der Waals surface area (Å²) >= 11 is 0. The molecule has 0 fully saturated rings. The van der Waals surface area contributed by atoms with Crippen molar-refractivity contribution in [2.75, 3.05) is 0 Å². The molecule has 0 aliphatic carbocycles. The van der Waals surface area contributed by atoms with Gasteiger partial charge >= 0.3 is 0 Å². The Morgan fingerprint density at radius 3 is 2.60 bits per heavy atom. The van der Waals surface area contributed by atoms with Gasteiger partial charge in [0.15, 0.2) is 0 Å². The fraction of sp³-hybridized carbons (Fsp3) is 0.533. The van der Waals surface area contributed by atoms with Crippen LogP contribution in [0.4, 0.5) is 0 Å². The molecule has 0 aliphatic heterocycles. The van der Waals surface area contributed by atoms with Gasteiger partial charge in [-0.1, -0.05) is 0 Å². The Hall–Kier alpha value is -1.75. The lowest BCUT2D eigenvalue weighted by Crippen LogP contribution is -2.31. The minimum atomic E-state index is 0.227. The van der Waals surface area contributed by atoms with Gasteiger partial charge in [0.1, 0.15) is 5.82 Å².